The van der Waals surface area contributed by atoms with E-state index in [1.807, 2.05) is 44.5 Å². The number of carbonyl (C=O) groups excluding carboxylic acids is 1. The molecule has 1 aliphatic rings. The number of furan rings is 1. The highest BCUT2D eigenvalue weighted by Crippen LogP contribution is 2.40. The summed E-state index contributed by atoms with van der Waals surface area (Å²) in [5, 5.41) is 11.2. The van der Waals surface area contributed by atoms with Crippen LogP contribution in [-0.4, -0.2) is 25.7 Å². The minimum absolute atomic E-state index is 0.141. The van der Waals surface area contributed by atoms with E-state index in [0.717, 1.165) is 46.0 Å². The first kappa shape index (κ1) is 18.1. The number of thiazole rings is 1. The summed E-state index contributed by atoms with van der Waals surface area (Å²) in [7, 11) is 1.87. The summed E-state index contributed by atoms with van der Waals surface area (Å²) < 4.78 is 7.61. The van der Waals surface area contributed by atoms with Gasteiger partial charge in [-0.05, 0) is 44.9 Å². The number of fused-ring (bicyclic) bond motifs is 1. The molecule has 1 amide bonds. The number of hydrogen-bond donors (Lipinski definition) is 1. The van der Waals surface area contributed by atoms with Crippen LogP contribution in [0.2, 0.25) is 0 Å². The molecule has 0 aliphatic heterocycles. The van der Waals surface area contributed by atoms with Crippen LogP contribution in [0.3, 0.4) is 0 Å². The van der Waals surface area contributed by atoms with Crippen molar-refractivity contribution in [3.8, 4) is 11.5 Å². The largest absolute Gasteiger partial charge is 0.458 e. The van der Waals surface area contributed by atoms with Crippen molar-refractivity contribution in [3.05, 3.63) is 51.3 Å². The molecular weight excluding hydrogens is 386 g/mol. The zero-order valence-electron chi connectivity index (χ0n) is 16.5. The van der Waals surface area contributed by atoms with Crippen LogP contribution in [0.15, 0.2) is 28.0 Å². The molecule has 1 saturated carbocycles. The smallest absolute Gasteiger partial charge is 0.252 e. The number of rotatable bonds is 5. The summed E-state index contributed by atoms with van der Waals surface area (Å²) in [6.45, 7) is 4.18. The van der Waals surface area contributed by atoms with Gasteiger partial charge in [0.25, 0.3) is 5.91 Å². The fourth-order valence-corrected chi connectivity index (χ4v) is 4.18. The van der Waals surface area contributed by atoms with E-state index < -0.39 is 0 Å². The molecule has 148 valence electrons. The first-order valence-electron chi connectivity index (χ1n) is 9.63. The van der Waals surface area contributed by atoms with Crippen LogP contribution in [0.25, 0.3) is 22.5 Å². The Morgan fingerprint density at radius 3 is 2.86 bits per heavy atom. The minimum atomic E-state index is -0.141. The Hall–Kier alpha value is -3.00. The molecule has 1 fully saturated rings. The lowest BCUT2D eigenvalue weighted by Gasteiger charge is -2.08. The van der Waals surface area contributed by atoms with Gasteiger partial charge in [-0.25, -0.2) is 9.97 Å². The van der Waals surface area contributed by atoms with Gasteiger partial charge in [-0.15, -0.1) is 11.3 Å². The molecule has 0 bridgehead atoms. The summed E-state index contributed by atoms with van der Waals surface area (Å²) in [6.07, 6.45) is 2.25. The molecule has 29 heavy (non-hydrogen) atoms. The topological polar surface area (TPSA) is 85.8 Å². The lowest BCUT2D eigenvalue weighted by atomic mass is 10.1. The normalized spacial score (nSPS) is 13.9. The lowest BCUT2D eigenvalue weighted by Crippen LogP contribution is -2.23. The number of nitrogens with zero attached hydrogens (tertiary/aromatic N) is 4. The zero-order chi connectivity index (χ0) is 20.1. The summed E-state index contributed by atoms with van der Waals surface area (Å²) in [6, 6.07) is 5.68. The Morgan fingerprint density at radius 2 is 2.14 bits per heavy atom. The Morgan fingerprint density at radius 1 is 1.31 bits per heavy atom. The summed E-state index contributed by atoms with van der Waals surface area (Å²) >= 11 is 1.58. The minimum Gasteiger partial charge on any atom is -0.458 e. The molecule has 4 aromatic rings. The van der Waals surface area contributed by atoms with Crippen LogP contribution < -0.4 is 5.32 Å². The molecule has 1 aliphatic carbocycles. The van der Waals surface area contributed by atoms with E-state index >= 15 is 0 Å². The van der Waals surface area contributed by atoms with Crippen molar-refractivity contribution >= 4 is 28.3 Å². The number of hydrogen-bond acceptors (Lipinski definition) is 6. The third kappa shape index (κ3) is 3.33. The second-order valence-corrected chi connectivity index (χ2v) is 8.54. The van der Waals surface area contributed by atoms with Crippen molar-refractivity contribution in [1.82, 2.24) is 25.1 Å². The second-order valence-electron chi connectivity index (χ2n) is 7.48. The number of nitrogens with one attached hydrogen (secondary N) is 1. The van der Waals surface area contributed by atoms with Gasteiger partial charge in [0.05, 0.1) is 28.2 Å². The van der Waals surface area contributed by atoms with E-state index in [9.17, 15) is 4.79 Å². The molecule has 0 atom stereocenters. The van der Waals surface area contributed by atoms with E-state index in [-0.39, 0.29) is 5.91 Å². The SMILES string of the molecule is Cc1nc(-c2ccc(CNC(=O)c3cc(C4CC4)nc4c3c(C)nn4C)o2)cs1. The zero-order valence-corrected chi connectivity index (χ0v) is 17.3. The molecule has 4 aromatic heterocycles. The van der Waals surface area contributed by atoms with Crippen LogP contribution in [0.1, 0.15) is 51.3 Å². The lowest BCUT2D eigenvalue weighted by molar-refractivity contribution is 0.0949. The van der Waals surface area contributed by atoms with E-state index in [2.05, 4.69) is 15.4 Å². The van der Waals surface area contributed by atoms with E-state index in [0.29, 0.717) is 29.5 Å². The van der Waals surface area contributed by atoms with Crippen molar-refractivity contribution < 1.29 is 9.21 Å². The van der Waals surface area contributed by atoms with E-state index in [1.54, 1.807) is 16.0 Å². The van der Waals surface area contributed by atoms with Crippen LogP contribution in [0.4, 0.5) is 0 Å². The maximum absolute atomic E-state index is 13.0. The third-order valence-corrected chi connectivity index (χ3v) is 5.96. The Kier molecular flexibility index (Phi) is 4.24. The fraction of sp³-hybridized carbons (Fsp3) is 0.333. The van der Waals surface area contributed by atoms with Gasteiger partial charge in [0.15, 0.2) is 11.4 Å². The molecule has 4 heterocycles. The van der Waals surface area contributed by atoms with Gasteiger partial charge in [-0.1, -0.05) is 0 Å². The Balaban J connectivity index is 1.40. The molecular formula is C21H21N5O2S. The molecule has 0 unspecified atom stereocenters. The van der Waals surface area contributed by atoms with Gasteiger partial charge in [0.1, 0.15) is 11.5 Å². The average Bonchev–Trinajstić information content (AvgIpc) is 3.17. The van der Waals surface area contributed by atoms with Crippen LogP contribution >= 0.6 is 11.3 Å². The second kappa shape index (κ2) is 6.81. The molecule has 0 saturated heterocycles. The van der Waals surface area contributed by atoms with Crippen molar-refractivity contribution in [2.75, 3.05) is 0 Å². The van der Waals surface area contributed by atoms with Crippen molar-refractivity contribution in [2.45, 2.75) is 39.2 Å². The first-order valence-corrected chi connectivity index (χ1v) is 10.5. The first-order chi connectivity index (χ1) is 14.0. The van der Waals surface area contributed by atoms with Crippen LogP contribution in [-0.2, 0) is 13.6 Å². The highest BCUT2D eigenvalue weighted by Gasteiger charge is 2.28. The molecule has 0 spiro atoms. The average molecular weight is 407 g/mol. The van der Waals surface area contributed by atoms with Gasteiger partial charge < -0.3 is 9.73 Å². The predicted molar refractivity (Wildman–Crippen MR) is 111 cm³/mol. The van der Waals surface area contributed by atoms with Crippen LogP contribution in [0.5, 0.6) is 0 Å². The van der Waals surface area contributed by atoms with Crippen molar-refractivity contribution in [2.24, 2.45) is 7.05 Å². The predicted octanol–water partition coefficient (Wildman–Crippen LogP) is 4.11. The van der Waals surface area contributed by atoms with Crippen LogP contribution in [0, 0.1) is 13.8 Å². The molecule has 7 nitrogen and oxygen atoms in total. The third-order valence-electron chi connectivity index (χ3n) is 5.19. The number of carbonyl (C=O) groups is 1. The molecule has 8 heteroatoms. The quantitative estimate of drug-likeness (QED) is 0.538. The van der Waals surface area contributed by atoms with Gasteiger partial charge in [-0.2, -0.15) is 5.10 Å². The summed E-state index contributed by atoms with van der Waals surface area (Å²) in [4.78, 5) is 22.2. The van der Waals surface area contributed by atoms with Gasteiger partial charge >= 0.3 is 0 Å². The number of aryl methyl sites for hydroxylation is 3. The van der Waals surface area contributed by atoms with Crippen molar-refractivity contribution in [3.63, 3.8) is 0 Å². The van der Waals surface area contributed by atoms with Crippen molar-refractivity contribution in [1.29, 1.82) is 0 Å². The van der Waals surface area contributed by atoms with Gasteiger partial charge in [0, 0.05) is 24.0 Å². The fourth-order valence-electron chi connectivity index (χ4n) is 3.58. The highest BCUT2D eigenvalue weighted by atomic mass is 32.1. The molecule has 1 N–H and O–H groups in total. The van der Waals surface area contributed by atoms with Gasteiger partial charge in [-0.3, -0.25) is 9.48 Å². The Labute approximate surface area is 171 Å². The number of aromatic nitrogens is 4. The monoisotopic (exact) mass is 407 g/mol. The maximum atomic E-state index is 13.0. The molecule has 0 aromatic carbocycles. The standard InChI is InChI=1S/C21H21N5O2S/c1-11-19-15(8-16(13-4-5-13)24-20(19)26(3)25-11)21(27)22-9-14-6-7-18(28-14)17-10-29-12(2)23-17/h6-8,10,13H,4-5,9H2,1-3H3,(H,22,27). The summed E-state index contributed by atoms with van der Waals surface area (Å²) in [5.41, 5.74) is 3.99. The maximum Gasteiger partial charge on any atom is 0.252 e. The number of amides is 1. The van der Waals surface area contributed by atoms with E-state index in [4.69, 9.17) is 9.40 Å². The molecule has 5 rings (SSSR count). The van der Waals surface area contributed by atoms with E-state index in [1.165, 1.54) is 0 Å². The van der Waals surface area contributed by atoms with Gasteiger partial charge in [0.2, 0.25) is 0 Å². The highest BCUT2D eigenvalue weighted by molar-refractivity contribution is 7.09. The number of pyridine rings is 1. The Bertz CT molecular complexity index is 1230. The molecule has 0 radical (unpaired) electrons. The summed E-state index contributed by atoms with van der Waals surface area (Å²) in [5.74, 6) is 1.71.